The second-order valence-corrected chi connectivity index (χ2v) is 6.88. The predicted molar refractivity (Wildman–Crippen MR) is 104 cm³/mol. The van der Waals surface area contributed by atoms with Crippen LogP contribution in [0, 0.1) is 0 Å². The van der Waals surface area contributed by atoms with Crippen LogP contribution >= 0.6 is 27.7 Å². The third kappa shape index (κ3) is 5.91. The van der Waals surface area contributed by atoms with Gasteiger partial charge in [-0.3, -0.25) is 0 Å². The Hall–Kier alpha value is -2.32. The zero-order valence-electron chi connectivity index (χ0n) is 13.2. The number of halogens is 1. The van der Waals surface area contributed by atoms with Gasteiger partial charge in [0.05, 0.1) is 12.8 Å². The number of aromatic amines is 1. The summed E-state index contributed by atoms with van der Waals surface area (Å²) in [7, 11) is 0. The molecular formula is C17H16BrN5OS. The Morgan fingerprint density at radius 3 is 2.76 bits per heavy atom. The first-order valence-electron chi connectivity index (χ1n) is 7.57. The average molecular weight is 418 g/mol. The minimum absolute atomic E-state index is 0.500. The molecule has 0 saturated carbocycles. The lowest BCUT2D eigenvalue weighted by molar-refractivity contribution is 0.344. The van der Waals surface area contributed by atoms with Gasteiger partial charge in [-0.15, -0.1) is 5.10 Å². The highest BCUT2D eigenvalue weighted by Crippen LogP contribution is 2.15. The predicted octanol–water partition coefficient (Wildman–Crippen LogP) is 4.18. The highest BCUT2D eigenvalue weighted by Gasteiger charge is 2.03. The maximum absolute atomic E-state index is 5.63. The molecule has 0 atom stereocenters. The summed E-state index contributed by atoms with van der Waals surface area (Å²) in [6, 6.07) is 17.6. The monoisotopic (exact) mass is 417 g/mol. The van der Waals surface area contributed by atoms with Crippen LogP contribution < -0.4 is 10.2 Å². The van der Waals surface area contributed by atoms with Crippen LogP contribution in [0.5, 0.6) is 5.75 Å². The van der Waals surface area contributed by atoms with Crippen molar-refractivity contribution in [2.24, 2.45) is 5.10 Å². The zero-order valence-corrected chi connectivity index (χ0v) is 15.6. The number of para-hydroxylation sites is 1. The molecule has 3 rings (SSSR count). The quantitative estimate of drug-likeness (QED) is 0.248. The molecule has 0 spiro atoms. The second kappa shape index (κ2) is 9.24. The minimum atomic E-state index is 0.500. The molecular weight excluding hydrogens is 402 g/mol. The van der Waals surface area contributed by atoms with Crippen LogP contribution in [0.2, 0.25) is 0 Å². The van der Waals surface area contributed by atoms with Crippen LogP contribution in [0.1, 0.15) is 5.56 Å². The fourth-order valence-corrected chi connectivity index (χ4v) is 2.77. The van der Waals surface area contributed by atoms with Crippen LogP contribution in [0.4, 0.5) is 5.95 Å². The third-order valence-corrected chi connectivity index (χ3v) is 4.39. The normalized spacial score (nSPS) is 10.9. The lowest BCUT2D eigenvalue weighted by Crippen LogP contribution is -2.00. The highest BCUT2D eigenvalue weighted by molar-refractivity contribution is 9.10. The number of rotatable bonds is 8. The summed E-state index contributed by atoms with van der Waals surface area (Å²) in [5, 5.41) is 11.7. The van der Waals surface area contributed by atoms with E-state index in [1.54, 1.807) is 6.21 Å². The molecule has 0 aliphatic heterocycles. The van der Waals surface area contributed by atoms with E-state index in [1.165, 1.54) is 11.8 Å². The fraction of sp³-hybridized carbons (Fsp3) is 0.118. The average Bonchev–Trinajstić information content (AvgIpc) is 3.09. The number of hydrogen-bond donors (Lipinski definition) is 2. The number of benzene rings is 2. The van der Waals surface area contributed by atoms with Gasteiger partial charge >= 0.3 is 0 Å². The molecule has 8 heteroatoms. The topological polar surface area (TPSA) is 75.2 Å². The van der Waals surface area contributed by atoms with Gasteiger partial charge in [0.25, 0.3) is 0 Å². The van der Waals surface area contributed by atoms with Crippen molar-refractivity contribution >= 4 is 39.9 Å². The van der Waals surface area contributed by atoms with Gasteiger partial charge in [0.15, 0.2) is 0 Å². The Labute approximate surface area is 158 Å². The van der Waals surface area contributed by atoms with E-state index in [9.17, 15) is 0 Å². The Balaban J connectivity index is 1.40. The first kappa shape index (κ1) is 17.5. The fourth-order valence-electron chi connectivity index (χ4n) is 1.89. The summed E-state index contributed by atoms with van der Waals surface area (Å²) < 4.78 is 6.66. The molecule has 0 bridgehead atoms. The Kier molecular flexibility index (Phi) is 6.47. The van der Waals surface area contributed by atoms with Crippen molar-refractivity contribution in [2.75, 3.05) is 17.8 Å². The van der Waals surface area contributed by atoms with E-state index in [4.69, 9.17) is 4.74 Å². The largest absolute Gasteiger partial charge is 0.493 e. The molecule has 3 aromatic rings. The number of ether oxygens (including phenoxy) is 1. The van der Waals surface area contributed by atoms with Gasteiger partial charge in [0.1, 0.15) is 5.75 Å². The van der Waals surface area contributed by atoms with Gasteiger partial charge < -0.3 is 4.74 Å². The number of hydrogen-bond acceptors (Lipinski definition) is 6. The molecule has 6 nitrogen and oxygen atoms in total. The molecule has 0 fully saturated rings. The zero-order chi connectivity index (χ0) is 17.3. The summed E-state index contributed by atoms with van der Waals surface area (Å²) >= 11 is 4.91. The molecule has 2 N–H and O–H groups in total. The molecule has 2 aromatic carbocycles. The van der Waals surface area contributed by atoms with E-state index in [2.05, 4.69) is 41.6 Å². The summed E-state index contributed by atoms with van der Waals surface area (Å²) in [5.41, 5.74) is 3.82. The summed E-state index contributed by atoms with van der Waals surface area (Å²) in [5.74, 6) is 2.12. The van der Waals surface area contributed by atoms with E-state index in [-0.39, 0.29) is 0 Å². The Bertz CT molecular complexity index is 807. The smallest absolute Gasteiger partial charge is 0.240 e. The van der Waals surface area contributed by atoms with Crippen molar-refractivity contribution < 1.29 is 4.74 Å². The lowest BCUT2D eigenvalue weighted by atomic mass is 10.2. The van der Waals surface area contributed by atoms with Crippen molar-refractivity contribution in [1.82, 2.24) is 15.2 Å². The SMILES string of the molecule is Brc1ccc(/C=N/Nc2nc(SCCOc3ccccc3)n[nH]2)cc1. The minimum Gasteiger partial charge on any atom is -0.493 e. The van der Waals surface area contributed by atoms with E-state index in [0.29, 0.717) is 17.7 Å². The van der Waals surface area contributed by atoms with Crippen LogP contribution in [-0.4, -0.2) is 33.8 Å². The van der Waals surface area contributed by atoms with E-state index in [1.807, 2.05) is 54.6 Å². The van der Waals surface area contributed by atoms with Crippen molar-refractivity contribution in [3.8, 4) is 5.75 Å². The lowest BCUT2D eigenvalue weighted by Gasteiger charge is -2.03. The van der Waals surface area contributed by atoms with Crippen LogP contribution in [-0.2, 0) is 0 Å². The number of anilines is 1. The molecule has 128 valence electrons. The first-order chi connectivity index (χ1) is 12.3. The molecule has 1 heterocycles. The van der Waals surface area contributed by atoms with Crippen LogP contribution in [0.15, 0.2) is 69.3 Å². The maximum atomic E-state index is 5.63. The number of thioether (sulfide) groups is 1. The van der Waals surface area contributed by atoms with Crippen molar-refractivity contribution in [3.63, 3.8) is 0 Å². The van der Waals surface area contributed by atoms with Gasteiger partial charge in [-0.1, -0.05) is 58.0 Å². The van der Waals surface area contributed by atoms with Gasteiger partial charge in [-0.05, 0) is 29.8 Å². The summed E-state index contributed by atoms with van der Waals surface area (Å²) in [4.78, 5) is 4.31. The van der Waals surface area contributed by atoms with Gasteiger partial charge in [0.2, 0.25) is 11.1 Å². The molecule has 0 saturated heterocycles. The van der Waals surface area contributed by atoms with E-state index < -0.39 is 0 Å². The van der Waals surface area contributed by atoms with Gasteiger partial charge in [-0.2, -0.15) is 10.1 Å². The van der Waals surface area contributed by atoms with E-state index in [0.717, 1.165) is 21.5 Å². The number of H-pyrrole nitrogens is 1. The highest BCUT2D eigenvalue weighted by atomic mass is 79.9. The first-order valence-corrected chi connectivity index (χ1v) is 9.35. The standard InChI is InChI=1S/C17H16BrN5OS/c18-14-8-6-13(7-9-14)12-19-21-16-20-17(23-22-16)25-11-10-24-15-4-2-1-3-5-15/h1-9,12H,10-11H2,(H2,20,21,22,23)/b19-12+. The molecule has 0 aliphatic carbocycles. The van der Waals surface area contributed by atoms with Crippen LogP contribution in [0.3, 0.4) is 0 Å². The second-order valence-electron chi connectivity index (χ2n) is 4.90. The molecule has 0 unspecified atom stereocenters. The third-order valence-electron chi connectivity index (χ3n) is 3.05. The van der Waals surface area contributed by atoms with Gasteiger partial charge in [-0.25, -0.2) is 10.5 Å². The molecule has 0 aliphatic rings. The van der Waals surface area contributed by atoms with Crippen molar-refractivity contribution in [2.45, 2.75) is 5.16 Å². The van der Waals surface area contributed by atoms with Crippen molar-refractivity contribution in [1.29, 1.82) is 0 Å². The number of hydrazone groups is 1. The number of nitrogens with zero attached hydrogens (tertiary/aromatic N) is 3. The number of nitrogens with one attached hydrogen (secondary N) is 2. The Morgan fingerprint density at radius 2 is 1.96 bits per heavy atom. The Morgan fingerprint density at radius 1 is 1.16 bits per heavy atom. The maximum Gasteiger partial charge on any atom is 0.240 e. The van der Waals surface area contributed by atoms with Gasteiger partial charge in [0, 0.05) is 10.2 Å². The molecule has 0 amide bonds. The van der Waals surface area contributed by atoms with Crippen LogP contribution in [0.25, 0.3) is 0 Å². The molecule has 0 radical (unpaired) electrons. The molecule has 1 aromatic heterocycles. The van der Waals surface area contributed by atoms with E-state index >= 15 is 0 Å². The summed E-state index contributed by atoms with van der Waals surface area (Å²) in [6.45, 7) is 0.591. The summed E-state index contributed by atoms with van der Waals surface area (Å²) in [6.07, 6.45) is 1.72. The molecule has 25 heavy (non-hydrogen) atoms. The van der Waals surface area contributed by atoms with Crippen molar-refractivity contribution in [3.05, 3.63) is 64.6 Å². The number of aromatic nitrogens is 3.